The topological polar surface area (TPSA) is 101 Å². The van der Waals surface area contributed by atoms with Crippen molar-refractivity contribution in [3.8, 4) is 22.7 Å². The molecule has 0 atom stereocenters. The first kappa shape index (κ1) is 29.1. The number of benzene rings is 2. The van der Waals surface area contributed by atoms with Crippen LogP contribution in [0.4, 0.5) is 10.7 Å². The van der Waals surface area contributed by atoms with Crippen molar-refractivity contribution >= 4 is 17.9 Å². The number of carbonyl (C=O) groups excluding carboxylic acids is 2. The van der Waals surface area contributed by atoms with Gasteiger partial charge in [0.05, 0.1) is 26.0 Å². The molecule has 40 heavy (non-hydrogen) atoms. The third-order valence-electron chi connectivity index (χ3n) is 6.55. The maximum atomic E-state index is 13.4. The van der Waals surface area contributed by atoms with Gasteiger partial charge < -0.3 is 19.7 Å². The Hall–Kier alpha value is -3.89. The van der Waals surface area contributed by atoms with Gasteiger partial charge in [-0.1, -0.05) is 17.7 Å². The molecular formula is C30H40N6O4. The van der Waals surface area contributed by atoms with Gasteiger partial charge in [-0.2, -0.15) is 0 Å². The summed E-state index contributed by atoms with van der Waals surface area (Å²) in [7, 11) is 1.63. The van der Waals surface area contributed by atoms with Gasteiger partial charge in [0.2, 0.25) is 11.9 Å². The van der Waals surface area contributed by atoms with Gasteiger partial charge in [0, 0.05) is 49.2 Å². The Balaban J connectivity index is 1.55. The Kier molecular flexibility index (Phi) is 9.44. The molecule has 1 fully saturated rings. The van der Waals surface area contributed by atoms with Crippen LogP contribution in [0.15, 0.2) is 54.7 Å². The first-order chi connectivity index (χ1) is 19.1. The highest BCUT2D eigenvalue weighted by Gasteiger charge is 2.24. The van der Waals surface area contributed by atoms with Gasteiger partial charge in [-0.05, 0) is 64.1 Å². The number of anilines is 1. The van der Waals surface area contributed by atoms with Crippen molar-refractivity contribution in [3.63, 3.8) is 0 Å². The lowest BCUT2D eigenvalue weighted by Crippen LogP contribution is -2.52. The van der Waals surface area contributed by atoms with E-state index < -0.39 is 5.54 Å². The Labute approximate surface area is 236 Å². The normalized spacial score (nSPS) is 14.0. The number of hydrogen-bond acceptors (Lipinski definition) is 6. The molecule has 4 rings (SSSR count). The van der Waals surface area contributed by atoms with Crippen LogP contribution in [0.5, 0.6) is 5.75 Å². The average Bonchev–Trinajstić information content (AvgIpc) is 3.34. The van der Waals surface area contributed by atoms with Gasteiger partial charge in [0.1, 0.15) is 12.3 Å². The van der Waals surface area contributed by atoms with Crippen LogP contribution in [0.3, 0.4) is 0 Å². The van der Waals surface area contributed by atoms with Crippen LogP contribution >= 0.6 is 0 Å². The lowest BCUT2D eigenvalue weighted by molar-refractivity contribution is -0.116. The highest BCUT2D eigenvalue weighted by Crippen LogP contribution is 2.26. The van der Waals surface area contributed by atoms with Crippen molar-refractivity contribution in [2.75, 3.05) is 58.4 Å². The first-order valence-electron chi connectivity index (χ1n) is 13.6. The van der Waals surface area contributed by atoms with Gasteiger partial charge in [-0.25, -0.2) is 9.78 Å². The summed E-state index contributed by atoms with van der Waals surface area (Å²) in [6, 6.07) is 15.3. The van der Waals surface area contributed by atoms with E-state index in [0.717, 1.165) is 35.7 Å². The molecule has 0 spiro atoms. The van der Waals surface area contributed by atoms with Gasteiger partial charge in [-0.3, -0.25) is 19.6 Å². The number of methoxy groups -OCH3 is 1. The molecule has 0 aliphatic carbocycles. The SMILES string of the molecule is COc1ccc(-c2cn(-c3ccc(C)cc3)c(NC(=O)CN(CCN3CCOCC3)C(=O)NC(C)(C)C)n2)cc1. The highest BCUT2D eigenvalue weighted by atomic mass is 16.5. The number of morpholine rings is 1. The van der Waals surface area contributed by atoms with Crippen molar-refractivity contribution in [1.29, 1.82) is 0 Å². The van der Waals surface area contributed by atoms with Gasteiger partial charge in [-0.15, -0.1) is 0 Å². The molecule has 1 aliphatic heterocycles. The molecule has 0 saturated carbocycles. The molecule has 3 aromatic rings. The summed E-state index contributed by atoms with van der Waals surface area (Å²) < 4.78 is 12.6. The van der Waals surface area contributed by atoms with Gasteiger partial charge in [0.15, 0.2) is 0 Å². The molecule has 214 valence electrons. The number of rotatable bonds is 9. The summed E-state index contributed by atoms with van der Waals surface area (Å²) in [5.74, 6) is 0.802. The molecule has 0 radical (unpaired) electrons. The minimum atomic E-state index is -0.431. The maximum Gasteiger partial charge on any atom is 0.318 e. The number of hydrogen-bond donors (Lipinski definition) is 2. The summed E-state index contributed by atoms with van der Waals surface area (Å²) in [5, 5.41) is 5.94. The third-order valence-corrected chi connectivity index (χ3v) is 6.55. The summed E-state index contributed by atoms with van der Waals surface area (Å²) in [6.07, 6.45) is 1.89. The summed E-state index contributed by atoms with van der Waals surface area (Å²) in [6.45, 7) is 11.7. The smallest absolute Gasteiger partial charge is 0.318 e. The van der Waals surface area contributed by atoms with E-state index >= 15 is 0 Å². The zero-order valence-electron chi connectivity index (χ0n) is 24.1. The second-order valence-corrected chi connectivity index (χ2v) is 11.0. The fraction of sp³-hybridized carbons (Fsp3) is 0.433. The molecule has 2 aromatic carbocycles. The number of amides is 3. The highest BCUT2D eigenvalue weighted by molar-refractivity contribution is 5.93. The minimum Gasteiger partial charge on any atom is -0.497 e. The fourth-order valence-corrected chi connectivity index (χ4v) is 4.35. The van der Waals surface area contributed by atoms with E-state index in [1.165, 1.54) is 0 Å². The number of urea groups is 1. The van der Waals surface area contributed by atoms with Crippen LogP contribution in [0.25, 0.3) is 16.9 Å². The van der Waals surface area contributed by atoms with Gasteiger partial charge >= 0.3 is 6.03 Å². The molecule has 1 saturated heterocycles. The van der Waals surface area contributed by atoms with E-state index in [-0.39, 0.29) is 18.5 Å². The monoisotopic (exact) mass is 548 g/mol. The molecule has 10 nitrogen and oxygen atoms in total. The van der Waals surface area contributed by atoms with Crippen molar-refractivity contribution < 1.29 is 19.1 Å². The van der Waals surface area contributed by atoms with E-state index in [9.17, 15) is 9.59 Å². The van der Waals surface area contributed by atoms with Gasteiger partial charge in [0.25, 0.3) is 0 Å². The molecule has 0 unspecified atom stereocenters. The number of ether oxygens (including phenoxy) is 2. The lowest BCUT2D eigenvalue weighted by Gasteiger charge is -2.31. The average molecular weight is 549 g/mol. The predicted molar refractivity (Wildman–Crippen MR) is 156 cm³/mol. The standard InChI is InChI=1S/C30H40N6O4/c1-22-6-10-24(11-7-22)36-20-26(23-8-12-25(39-5)13-9-23)31-28(36)32-27(37)21-35(29(38)33-30(2,3)4)15-14-34-16-18-40-19-17-34/h6-13,20H,14-19,21H2,1-5H3,(H,33,38)(H,31,32,37). The number of aromatic nitrogens is 2. The molecule has 0 bridgehead atoms. The predicted octanol–water partition coefficient (Wildman–Crippen LogP) is 3.94. The first-order valence-corrected chi connectivity index (χ1v) is 13.6. The maximum absolute atomic E-state index is 13.4. The van der Waals surface area contributed by atoms with Crippen molar-refractivity contribution in [2.45, 2.75) is 33.2 Å². The quantitative estimate of drug-likeness (QED) is 0.420. The summed E-state index contributed by atoms with van der Waals surface area (Å²) in [4.78, 5) is 35.1. The lowest BCUT2D eigenvalue weighted by atomic mass is 10.1. The molecule has 1 aromatic heterocycles. The van der Waals surface area contributed by atoms with E-state index in [1.807, 2.05) is 87.0 Å². The molecular weight excluding hydrogens is 508 g/mol. The zero-order chi connectivity index (χ0) is 28.7. The van der Waals surface area contributed by atoms with E-state index in [0.29, 0.717) is 37.9 Å². The Morgan fingerprint density at radius 1 is 1.05 bits per heavy atom. The van der Waals surface area contributed by atoms with Crippen LogP contribution in [-0.4, -0.2) is 89.9 Å². The van der Waals surface area contributed by atoms with Crippen molar-refractivity contribution in [2.24, 2.45) is 0 Å². The minimum absolute atomic E-state index is 0.106. The Morgan fingerprint density at radius 3 is 2.35 bits per heavy atom. The van der Waals surface area contributed by atoms with Crippen molar-refractivity contribution in [3.05, 3.63) is 60.3 Å². The van der Waals surface area contributed by atoms with Crippen molar-refractivity contribution in [1.82, 2.24) is 24.7 Å². The Morgan fingerprint density at radius 2 is 1.73 bits per heavy atom. The Bertz CT molecular complexity index is 1280. The summed E-state index contributed by atoms with van der Waals surface area (Å²) in [5.41, 5.74) is 3.15. The van der Waals surface area contributed by atoms with E-state index in [1.54, 1.807) is 12.0 Å². The molecule has 1 aliphatic rings. The number of nitrogens with zero attached hydrogens (tertiary/aromatic N) is 4. The molecule has 2 N–H and O–H groups in total. The van der Waals surface area contributed by atoms with Crippen LogP contribution in [0, 0.1) is 6.92 Å². The largest absolute Gasteiger partial charge is 0.497 e. The fourth-order valence-electron chi connectivity index (χ4n) is 4.35. The second-order valence-electron chi connectivity index (χ2n) is 11.0. The molecule has 10 heteroatoms. The second kappa shape index (κ2) is 13.0. The molecule has 2 heterocycles. The van der Waals surface area contributed by atoms with Crippen LogP contribution in [0.2, 0.25) is 0 Å². The number of nitrogens with one attached hydrogen (secondary N) is 2. The van der Waals surface area contributed by atoms with Crippen LogP contribution < -0.4 is 15.4 Å². The van der Waals surface area contributed by atoms with E-state index in [2.05, 4.69) is 15.5 Å². The molecule has 3 amide bonds. The van der Waals surface area contributed by atoms with Crippen LogP contribution in [-0.2, 0) is 9.53 Å². The van der Waals surface area contributed by atoms with Crippen LogP contribution in [0.1, 0.15) is 26.3 Å². The number of imidazole rings is 1. The zero-order valence-corrected chi connectivity index (χ0v) is 24.1. The summed E-state index contributed by atoms with van der Waals surface area (Å²) >= 11 is 0. The number of carbonyl (C=O) groups is 2. The number of aryl methyl sites for hydroxylation is 1. The van der Waals surface area contributed by atoms with E-state index in [4.69, 9.17) is 14.5 Å². The third kappa shape index (κ3) is 8.06.